The van der Waals surface area contributed by atoms with Crippen molar-refractivity contribution in [2.75, 3.05) is 10.5 Å². The van der Waals surface area contributed by atoms with Gasteiger partial charge in [0.1, 0.15) is 0 Å². The first-order valence-electron chi connectivity index (χ1n) is 8.84. The zero-order chi connectivity index (χ0) is 22.0. The van der Waals surface area contributed by atoms with E-state index in [1.54, 1.807) is 22.8 Å². The highest BCUT2D eigenvalue weighted by atomic mass is 35.5. The van der Waals surface area contributed by atoms with E-state index >= 15 is 0 Å². The van der Waals surface area contributed by atoms with Crippen LogP contribution >= 0.6 is 46.0 Å². The van der Waals surface area contributed by atoms with Gasteiger partial charge in [-0.25, -0.2) is 8.42 Å². The van der Waals surface area contributed by atoms with Crippen LogP contribution in [0.5, 0.6) is 0 Å². The molecule has 1 N–H and O–H groups in total. The molecule has 2 aromatic carbocycles. The number of sulfonamides is 1. The van der Waals surface area contributed by atoms with Gasteiger partial charge in [-0.2, -0.15) is 0 Å². The van der Waals surface area contributed by atoms with E-state index in [0.29, 0.717) is 31.9 Å². The SMILES string of the molecule is C=CCSc1nnc(NS(=O)(=O)c2ccc3c(c2)sc(=O)n3Cc2ccccc2Cl)s1. The normalized spacial score (nSPS) is 11.6. The maximum atomic E-state index is 12.8. The van der Waals surface area contributed by atoms with Gasteiger partial charge in [0, 0.05) is 10.8 Å². The van der Waals surface area contributed by atoms with E-state index in [0.717, 1.165) is 28.2 Å². The number of thiazole rings is 1. The third-order valence-corrected chi connectivity index (χ3v) is 8.93. The van der Waals surface area contributed by atoms with Crippen molar-refractivity contribution in [2.45, 2.75) is 15.8 Å². The zero-order valence-corrected chi connectivity index (χ0v) is 19.8. The summed E-state index contributed by atoms with van der Waals surface area (Å²) in [5, 5.41) is 8.57. The van der Waals surface area contributed by atoms with Crippen molar-refractivity contribution in [3.05, 3.63) is 75.4 Å². The van der Waals surface area contributed by atoms with Gasteiger partial charge in [0.15, 0.2) is 4.34 Å². The van der Waals surface area contributed by atoms with E-state index in [9.17, 15) is 13.2 Å². The lowest BCUT2D eigenvalue weighted by molar-refractivity contribution is 0.601. The lowest BCUT2D eigenvalue weighted by atomic mass is 10.2. The van der Waals surface area contributed by atoms with Crippen LogP contribution in [0.4, 0.5) is 5.13 Å². The quantitative estimate of drug-likeness (QED) is 0.273. The number of thioether (sulfide) groups is 1. The third-order valence-electron chi connectivity index (χ3n) is 4.19. The summed E-state index contributed by atoms with van der Waals surface area (Å²) in [6, 6.07) is 11.9. The van der Waals surface area contributed by atoms with Crippen LogP contribution in [0.2, 0.25) is 5.02 Å². The summed E-state index contributed by atoms with van der Waals surface area (Å²) in [5.74, 6) is 0.655. The fraction of sp³-hybridized carbons (Fsp3) is 0.105. The molecule has 160 valence electrons. The molecule has 31 heavy (non-hydrogen) atoms. The van der Waals surface area contributed by atoms with Crippen LogP contribution in [0.15, 0.2) is 69.1 Å². The molecule has 0 aliphatic carbocycles. The fourth-order valence-corrected chi connectivity index (χ4v) is 6.74. The molecule has 0 unspecified atom stereocenters. The monoisotopic (exact) mass is 510 g/mol. The molecular formula is C19H15ClN4O3S4. The topological polar surface area (TPSA) is 94.0 Å². The number of nitrogens with one attached hydrogen (secondary N) is 1. The van der Waals surface area contributed by atoms with Crippen molar-refractivity contribution in [3.8, 4) is 0 Å². The maximum absolute atomic E-state index is 12.8. The first kappa shape index (κ1) is 22.0. The summed E-state index contributed by atoms with van der Waals surface area (Å²) in [6.07, 6.45) is 1.73. The second-order valence-corrected chi connectivity index (χ2v) is 11.6. The lowest BCUT2D eigenvalue weighted by Crippen LogP contribution is -2.14. The first-order valence-corrected chi connectivity index (χ1v) is 13.3. The Morgan fingerprint density at radius 1 is 1.19 bits per heavy atom. The number of rotatable bonds is 8. The molecule has 7 nitrogen and oxygen atoms in total. The van der Waals surface area contributed by atoms with Crippen molar-refractivity contribution in [1.29, 1.82) is 0 Å². The number of benzene rings is 2. The number of aromatic nitrogens is 3. The summed E-state index contributed by atoms with van der Waals surface area (Å²) in [7, 11) is -3.88. The van der Waals surface area contributed by atoms with Crippen LogP contribution in [-0.2, 0) is 16.6 Å². The molecule has 0 atom stereocenters. The fourth-order valence-electron chi connectivity index (χ4n) is 2.77. The van der Waals surface area contributed by atoms with Crippen LogP contribution in [0.1, 0.15) is 5.56 Å². The van der Waals surface area contributed by atoms with Gasteiger partial charge >= 0.3 is 4.87 Å². The molecular weight excluding hydrogens is 496 g/mol. The maximum Gasteiger partial charge on any atom is 0.308 e. The highest BCUT2D eigenvalue weighted by molar-refractivity contribution is 8.01. The zero-order valence-electron chi connectivity index (χ0n) is 15.8. The molecule has 0 spiro atoms. The van der Waals surface area contributed by atoms with E-state index in [4.69, 9.17) is 11.6 Å². The minimum absolute atomic E-state index is 0.0432. The van der Waals surface area contributed by atoms with Gasteiger partial charge in [-0.05, 0) is 29.8 Å². The highest BCUT2D eigenvalue weighted by Gasteiger charge is 2.19. The summed E-state index contributed by atoms with van der Waals surface area (Å²) in [4.78, 5) is 12.4. The molecule has 12 heteroatoms. The van der Waals surface area contributed by atoms with Gasteiger partial charge in [0.25, 0.3) is 10.0 Å². The second-order valence-electron chi connectivity index (χ2n) is 6.25. The van der Waals surface area contributed by atoms with Gasteiger partial charge < -0.3 is 0 Å². The Hall–Kier alpha value is -2.18. The van der Waals surface area contributed by atoms with E-state index in [1.807, 2.05) is 18.2 Å². The third kappa shape index (κ3) is 4.85. The Kier molecular flexibility index (Phi) is 6.49. The highest BCUT2D eigenvalue weighted by Crippen LogP contribution is 2.28. The number of nitrogens with zero attached hydrogens (tertiary/aromatic N) is 3. The van der Waals surface area contributed by atoms with Crippen molar-refractivity contribution < 1.29 is 8.42 Å². The molecule has 0 amide bonds. The Bertz CT molecular complexity index is 1430. The molecule has 4 rings (SSSR count). The Balaban J connectivity index is 1.62. The van der Waals surface area contributed by atoms with Crippen molar-refractivity contribution in [2.24, 2.45) is 0 Å². The number of halogens is 1. The van der Waals surface area contributed by atoms with Crippen molar-refractivity contribution >= 4 is 71.4 Å². The number of hydrogen-bond acceptors (Lipinski definition) is 8. The number of hydrogen-bond donors (Lipinski definition) is 1. The smallest absolute Gasteiger partial charge is 0.294 e. The van der Waals surface area contributed by atoms with Gasteiger partial charge in [0.05, 0.1) is 21.7 Å². The predicted octanol–water partition coefficient (Wildman–Crippen LogP) is 4.70. The van der Waals surface area contributed by atoms with Gasteiger partial charge in [-0.3, -0.25) is 14.1 Å². The summed E-state index contributed by atoms with van der Waals surface area (Å²) >= 11 is 9.77. The largest absolute Gasteiger partial charge is 0.308 e. The Morgan fingerprint density at radius 3 is 2.77 bits per heavy atom. The molecule has 0 radical (unpaired) electrons. The molecule has 0 bridgehead atoms. The molecule has 0 aliphatic heterocycles. The first-order chi connectivity index (χ1) is 14.9. The van der Waals surface area contributed by atoms with Crippen molar-refractivity contribution in [3.63, 3.8) is 0 Å². The van der Waals surface area contributed by atoms with Gasteiger partial charge in [-0.15, -0.1) is 16.8 Å². The minimum atomic E-state index is -3.88. The van der Waals surface area contributed by atoms with E-state index in [2.05, 4.69) is 21.5 Å². The van der Waals surface area contributed by atoms with Crippen LogP contribution in [-0.4, -0.2) is 28.9 Å². The summed E-state index contributed by atoms with van der Waals surface area (Å²) in [6.45, 7) is 3.94. The molecule has 2 aromatic heterocycles. The molecule has 4 aromatic rings. The molecule has 0 saturated heterocycles. The molecule has 0 saturated carbocycles. The molecule has 0 aliphatic rings. The average molecular weight is 511 g/mol. The van der Waals surface area contributed by atoms with Crippen LogP contribution in [0, 0.1) is 0 Å². The number of fused-ring (bicyclic) bond motifs is 1. The Labute approximate surface area is 195 Å². The van der Waals surface area contributed by atoms with Crippen LogP contribution in [0.25, 0.3) is 10.2 Å². The van der Waals surface area contributed by atoms with E-state index in [-0.39, 0.29) is 14.9 Å². The standard InChI is InChI=1S/C19H15ClN4O3S4/c1-2-9-28-18-22-21-17(30-18)23-31(26,27)13-7-8-15-16(10-13)29-19(25)24(15)11-12-5-3-4-6-14(12)20/h2-8,10H,1,9,11H2,(H,21,23). The Morgan fingerprint density at radius 2 is 2.00 bits per heavy atom. The lowest BCUT2D eigenvalue weighted by Gasteiger charge is -2.07. The molecule has 0 fully saturated rings. The molecule has 2 heterocycles. The van der Waals surface area contributed by atoms with Gasteiger partial charge in [0.2, 0.25) is 5.13 Å². The average Bonchev–Trinajstić information content (AvgIpc) is 3.30. The predicted molar refractivity (Wildman–Crippen MR) is 128 cm³/mol. The summed E-state index contributed by atoms with van der Waals surface area (Å²) in [5.41, 5.74) is 1.46. The van der Waals surface area contributed by atoms with Crippen LogP contribution < -0.4 is 9.60 Å². The second kappa shape index (κ2) is 9.13. The summed E-state index contributed by atoms with van der Waals surface area (Å²) < 4.78 is 30.8. The minimum Gasteiger partial charge on any atom is -0.294 e. The number of anilines is 1. The van der Waals surface area contributed by atoms with E-state index < -0.39 is 10.0 Å². The van der Waals surface area contributed by atoms with Gasteiger partial charge in [-0.1, -0.05) is 70.3 Å². The van der Waals surface area contributed by atoms with E-state index in [1.165, 1.54) is 23.9 Å². The van der Waals surface area contributed by atoms with Crippen molar-refractivity contribution in [1.82, 2.24) is 14.8 Å². The van der Waals surface area contributed by atoms with Crippen LogP contribution in [0.3, 0.4) is 0 Å².